The van der Waals surface area contributed by atoms with Gasteiger partial charge in [0.2, 0.25) is 0 Å². The van der Waals surface area contributed by atoms with Gasteiger partial charge in [0.25, 0.3) is 0 Å². The largest absolute Gasteiger partial charge is 0.497 e. The lowest BCUT2D eigenvalue weighted by Crippen LogP contribution is -2.08. The lowest BCUT2D eigenvalue weighted by molar-refractivity contribution is 0.414. The maximum atomic E-state index is 5.15. The normalized spacial score (nSPS) is 12.1. The van der Waals surface area contributed by atoms with Crippen LogP contribution in [-0.2, 0) is 0 Å². The number of methoxy groups -OCH3 is 4. The third-order valence-corrected chi connectivity index (χ3v) is 6.72. The average molecular weight is 676 g/mol. The van der Waals surface area contributed by atoms with Gasteiger partial charge >= 0.3 is 0 Å². The number of anilines is 4. The molecule has 45 heavy (non-hydrogen) atoms. The number of alkyl halides is 1. The summed E-state index contributed by atoms with van der Waals surface area (Å²) in [7, 11) is 8.69. The number of ether oxygens (including phenoxy) is 4. The Morgan fingerprint density at radius 3 is 0.933 bits per heavy atom. The Morgan fingerprint density at radius 2 is 0.689 bits per heavy atom. The van der Waals surface area contributed by atoms with E-state index in [0.717, 1.165) is 45.7 Å². The maximum Gasteiger partial charge on any atom is 0.119 e. The predicted molar refractivity (Wildman–Crippen MR) is 195 cm³/mol. The first kappa shape index (κ1) is 36.8. The fourth-order valence-corrected chi connectivity index (χ4v) is 4.13. The summed E-state index contributed by atoms with van der Waals surface area (Å²) in [6, 6.07) is 31.5. The molecule has 0 bridgehead atoms. The SMILES string of the molecule is C1=CCC/C=C\CC1.CBr.COc1ccc(N(C)c2ccc(OC)cc2)cc1.COc1ccc(Nc2ccc(OC)cc2)cc1. The van der Waals surface area contributed by atoms with Gasteiger partial charge in [0.15, 0.2) is 0 Å². The summed E-state index contributed by atoms with van der Waals surface area (Å²) in [6.07, 6.45) is 14.0. The van der Waals surface area contributed by atoms with E-state index in [1.54, 1.807) is 28.4 Å². The van der Waals surface area contributed by atoms with Crippen molar-refractivity contribution in [1.82, 2.24) is 0 Å². The first-order chi connectivity index (χ1) is 22.1. The van der Waals surface area contributed by atoms with Gasteiger partial charge < -0.3 is 29.2 Å². The zero-order chi connectivity index (χ0) is 32.7. The Hall–Kier alpha value is -4.36. The summed E-state index contributed by atoms with van der Waals surface area (Å²) < 4.78 is 20.5. The van der Waals surface area contributed by atoms with Gasteiger partial charge in [0.1, 0.15) is 23.0 Å². The van der Waals surface area contributed by atoms with Crippen LogP contribution in [0.2, 0.25) is 0 Å². The molecule has 0 saturated heterocycles. The molecule has 0 aromatic heterocycles. The monoisotopic (exact) mass is 674 g/mol. The number of nitrogens with one attached hydrogen (secondary N) is 1. The molecular formula is C38H47BrN2O4. The fraction of sp³-hybridized carbons (Fsp3) is 0.263. The summed E-state index contributed by atoms with van der Waals surface area (Å²) in [5.41, 5.74) is 4.27. The standard InChI is InChI=1S/C15H17NO2.C14H15NO2.C8H12.CH3Br/c1-16(12-4-8-14(17-2)9-5-12)13-6-10-15(18-3)11-7-13;1-16-13-7-3-11(4-8-13)15-12-5-9-14(17-2)10-6-12;1-2-4-6-8-7-5-3-1;1-2/h4-11H,1-3H3;3-10,15H,1-2H3;1-2,7-8H,3-6H2;1H3/b;;2-1-,8-7?;. The predicted octanol–water partition coefficient (Wildman–Crippen LogP) is 10.6. The van der Waals surface area contributed by atoms with E-state index in [1.165, 1.54) is 25.7 Å². The first-order valence-electron chi connectivity index (χ1n) is 14.8. The van der Waals surface area contributed by atoms with Crippen molar-refractivity contribution >= 4 is 38.7 Å². The van der Waals surface area contributed by atoms with Gasteiger partial charge in [0, 0.05) is 29.8 Å². The van der Waals surface area contributed by atoms with E-state index in [9.17, 15) is 0 Å². The molecule has 0 saturated carbocycles. The molecule has 1 aliphatic rings. The van der Waals surface area contributed by atoms with Crippen LogP contribution in [0.3, 0.4) is 0 Å². The number of nitrogens with zero attached hydrogens (tertiary/aromatic N) is 1. The lowest BCUT2D eigenvalue weighted by Gasteiger charge is -2.20. The van der Waals surface area contributed by atoms with Crippen LogP contribution in [-0.4, -0.2) is 41.3 Å². The van der Waals surface area contributed by atoms with Crippen molar-refractivity contribution in [3.63, 3.8) is 0 Å². The second kappa shape index (κ2) is 22.2. The van der Waals surface area contributed by atoms with E-state index in [4.69, 9.17) is 18.9 Å². The number of allylic oxidation sites excluding steroid dienone is 4. The molecule has 7 heteroatoms. The maximum absolute atomic E-state index is 5.15. The highest BCUT2D eigenvalue weighted by Gasteiger charge is 2.04. The molecule has 0 aliphatic heterocycles. The molecule has 0 atom stereocenters. The van der Waals surface area contributed by atoms with E-state index < -0.39 is 0 Å². The number of hydrogen-bond donors (Lipinski definition) is 1. The molecule has 1 N–H and O–H groups in total. The average Bonchev–Trinajstić information content (AvgIpc) is 3.10. The molecule has 4 aromatic carbocycles. The summed E-state index contributed by atoms with van der Waals surface area (Å²) in [4.78, 5) is 2.11. The zero-order valence-corrected chi connectivity index (χ0v) is 28.9. The van der Waals surface area contributed by atoms with E-state index in [-0.39, 0.29) is 0 Å². The van der Waals surface area contributed by atoms with Crippen LogP contribution in [0, 0.1) is 0 Å². The zero-order valence-electron chi connectivity index (χ0n) is 27.3. The van der Waals surface area contributed by atoms with Gasteiger partial charge in [-0.2, -0.15) is 0 Å². The minimum Gasteiger partial charge on any atom is -0.497 e. The molecule has 0 unspecified atom stereocenters. The Bertz CT molecular complexity index is 1250. The second-order valence-electron chi connectivity index (χ2n) is 9.63. The molecule has 0 heterocycles. The van der Waals surface area contributed by atoms with E-state index in [2.05, 4.69) is 50.5 Å². The summed E-state index contributed by atoms with van der Waals surface area (Å²) in [5.74, 6) is 5.24. The van der Waals surface area contributed by atoms with Crippen molar-refractivity contribution in [2.45, 2.75) is 25.7 Å². The van der Waals surface area contributed by atoms with Crippen LogP contribution >= 0.6 is 15.9 Å². The summed E-state index contributed by atoms with van der Waals surface area (Å²) in [6.45, 7) is 0. The first-order valence-corrected chi connectivity index (χ1v) is 16.4. The van der Waals surface area contributed by atoms with Gasteiger partial charge in [-0.15, -0.1) is 0 Å². The molecular weight excluding hydrogens is 628 g/mol. The molecule has 5 rings (SSSR count). The molecule has 0 radical (unpaired) electrons. The van der Waals surface area contributed by atoms with E-state index in [1.807, 2.05) is 110 Å². The van der Waals surface area contributed by atoms with Crippen molar-refractivity contribution in [2.75, 3.05) is 51.5 Å². The minimum atomic E-state index is 0.852. The van der Waals surface area contributed by atoms with Crippen LogP contribution in [0.4, 0.5) is 22.7 Å². The number of hydrogen-bond acceptors (Lipinski definition) is 6. The third-order valence-electron chi connectivity index (χ3n) is 6.72. The van der Waals surface area contributed by atoms with Gasteiger partial charge in [0.05, 0.1) is 28.4 Å². The van der Waals surface area contributed by atoms with E-state index in [0.29, 0.717) is 0 Å². The molecule has 0 fully saturated rings. The summed E-state index contributed by atoms with van der Waals surface area (Å²) >= 11 is 2.94. The third kappa shape index (κ3) is 13.9. The van der Waals surface area contributed by atoms with Gasteiger partial charge in [-0.3, -0.25) is 0 Å². The quantitative estimate of drug-likeness (QED) is 0.148. The smallest absolute Gasteiger partial charge is 0.119 e. The van der Waals surface area contributed by atoms with Crippen LogP contribution in [0.15, 0.2) is 121 Å². The molecule has 4 aromatic rings. The topological polar surface area (TPSA) is 52.2 Å². The van der Waals surface area contributed by atoms with Crippen molar-refractivity contribution in [3.05, 3.63) is 121 Å². The Balaban J connectivity index is 0.000000243. The highest BCUT2D eigenvalue weighted by molar-refractivity contribution is 9.08. The van der Waals surface area contributed by atoms with E-state index >= 15 is 0 Å². The highest BCUT2D eigenvalue weighted by Crippen LogP contribution is 2.27. The number of rotatable bonds is 8. The van der Waals surface area contributed by atoms with Crippen molar-refractivity contribution in [3.8, 4) is 23.0 Å². The fourth-order valence-electron chi connectivity index (χ4n) is 4.13. The molecule has 0 amide bonds. The second-order valence-corrected chi connectivity index (χ2v) is 9.63. The van der Waals surface area contributed by atoms with Crippen molar-refractivity contribution in [1.29, 1.82) is 0 Å². The van der Waals surface area contributed by atoms with Gasteiger partial charge in [-0.25, -0.2) is 0 Å². The van der Waals surface area contributed by atoms with Crippen LogP contribution < -0.4 is 29.2 Å². The minimum absolute atomic E-state index is 0.852. The van der Waals surface area contributed by atoms with Crippen LogP contribution in [0.1, 0.15) is 25.7 Å². The van der Waals surface area contributed by atoms with Crippen LogP contribution in [0.25, 0.3) is 0 Å². The Morgan fingerprint density at radius 1 is 0.444 bits per heavy atom. The summed E-state index contributed by atoms with van der Waals surface area (Å²) in [5, 5.41) is 3.30. The van der Waals surface area contributed by atoms with Crippen molar-refractivity contribution < 1.29 is 18.9 Å². The van der Waals surface area contributed by atoms with Gasteiger partial charge in [-0.1, -0.05) is 40.2 Å². The molecule has 1 aliphatic carbocycles. The Labute approximate surface area is 278 Å². The number of halogens is 1. The molecule has 6 nitrogen and oxygen atoms in total. The van der Waals surface area contributed by atoms with Crippen molar-refractivity contribution in [2.24, 2.45) is 0 Å². The molecule has 0 spiro atoms. The lowest BCUT2D eigenvalue weighted by atomic mass is 10.1. The Kier molecular flexibility index (Phi) is 18.2. The molecule has 240 valence electrons. The number of benzene rings is 4. The van der Waals surface area contributed by atoms with Crippen LogP contribution in [0.5, 0.6) is 23.0 Å². The van der Waals surface area contributed by atoms with Gasteiger partial charge in [-0.05, 0) is 129 Å². The highest BCUT2D eigenvalue weighted by atomic mass is 79.9.